The molecule has 0 amide bonds. The number of fused-ring (bicyclic) bond motifs is 1. The Morgan fingerprint density at radius 2 is 1.80 bits per heavy atom. The maximum atomic E-state index is 13.7. The lowest BCUT2D eigenvalue weighted by molar-refractivity contribution is 0.0894. The molecule has 2 fully saturated rings. The van der Waals surface area contributed by atoms with Gasteiger partial charge in [0, 0.05) is 17.3 Å². The molecule has 234 valence electrons. The number of rotatable bonds is 11. The van der Waals surface area contributed by atoms with Crippen LogP contribution in [-0.2, 0) is 0 Å². The van der Waals surface area contributed by atoms with E-state index >= 15 is 0 Å². The number of ether oxygens (including phenoxy) is 1. The van der Waals surface area contributed by atoms with E-state index in [1.54, 1.807) is 12.1 Å². The summed E-state index contributed by atoms with van der Waals surface area (Å²) in [5.74, 6) is 3.66. The van der Waals surface area contributed by atoms with Crippen molar-refractivity contribution in [3.63, 3.8) is 0 Å². The van der Waals surface area contributed by atoms with Gasteiger partial charge in [-0.1, -0.05) is 69.9 Å². The minimum atomic E-state index is -0.161. The van der Waals surface area contributed by atoms with E-state index in [1.807, 2.05) is 36.4 Å². The fourth-order valence-electron chi connectivity index (χ4n) is 8.05. The topological polar surface area (TPSA) is 34.2 Å². The Kier molecular flexibility index (Phi) is 10.3. The van der Waals surface area contributed by atoms with E-state index in [0.717, 1.165) is 35.1 Å². The molecule has 2 aliphatic carbocycles. The molecule has 3 nitrogen and oxygen atoms in total. The molecule has 0 saturated heterocycles. The van der Waals surface area contributed by atoms with E-state index in [9.17, 15) is 4.39 Å². The highest BCUT2D eigenvalue weighted by Crippen LogP contribution is 2.47. The van der Waals surface area contributed by atoms with Gasteiger partial charge in [-0.2, -0.15) is 4.37 Å². The second kappa shape index (κ2) is 14.6. The van der Waals surface area contributed by atoms with Crippen molar-refractivity contribution in [1.29, 1.82) is 0 Å². The van der Waals surface area contributed by atoms with Crippen LogP contribution in [0.15, 0.2) is 72.8 Å². The van der Waals surface area contributed by atoms with Crippen molar-refractivity contribution >= 4 is 21.6 Å². The molecule has 0 bridgehead atoms. The van der Waals surface area contributed by atoms with Crippen LogP contribution in [0.4, 0.5) is 4.39 Å². The number of para-hydroxylation sites is 1. The molecule has 44 heavy (non-hydrogen) atoms. The minimum Gasteiger partial charge on any atom is -0.457 e. The van der Waals surface area contributed by atoms with Gasteiger partial charge in [0.2, 0.25) is 0 Å². The quantitative estimate of drug-likeness (QED) is 0.171. The Hall–Kier alpha value is -2.76. The average molecular weight is 613 g/mol. The summed E-state index contributed by atoms with van der Waals surface area (Å²) < 4.78 is 25.7. The first kappa shape index (κ1) is 31.2. The molecule has 3 aromatic carbocycles. The first-order valence-corrected chi connectivity index (χ1v) is 17.9. The van der Waals surface area contributed by atoms with Crippen molar-refractivity contribution in [3.05, 3.63) is 89.9 Å². The zero-order chi connectivity index (χ0) is 30.4. The summed E-state index contributed by atoms with van der Waals surface area (Å²) in [6.07, 6.45) is 15.5. The molecule has 0 spiro atoms. The largest absolute Gasteiger partial charge is 0.457 e. The van der Waals surface area contributed by atoms with Gasteiger partial charge in [-0.15, -0.1) is 0 Å². The monoisotopic (exact) mass is 612 g/mol. The molecule has 0 aliphatic heterocycles. The molecule has 2 aliphatic rings. The summed E-state index contributed by atoms with van der Waals surface area (Å²) >= 11 is 1.46. The Labute approximate surface area is 267 Å². The predicted molar refractivity (Wildman–Crippen MR) is 182 cm³/mol. The van der Waals surface area contributed by atoms with Crippen LogP contribution in [0.1, 0.15) is 114 Å². The predicted octanol–water partition coefficient (Wildman–Crippen LogP) is 11.6. The second-order valence-electron chi connectivity index (χ2n) is 13.8. The maximum Gasteiger partial charge on any atom is 0.127 e. The van der Waals surface area contributed by atoms with Crippen LogP contribution in [0.5, 0.6) is 11.5 Å². The number of nitrogens with zero attached hydrogens (tertiary/aromatic N) is 1. The Bertz CT molecular complexity index is 1490. The van der Waals surface area contributed by atoms with Crippen molar-refractivity contribution in [2.24, 2.45) is 17.3 Å². The van der Waals surface area contributed by atoms with Gasteiger partial charge in [0.15, 0.2) is 0 Å². The van der Waals surface area contributed by atoms with Gasteiger partial charge < -0.3 is 10.1 Å². The number of halogens is 1. The van der Waals surface area contributed by atoms with E-state index in [4.69, 9.17) is 9.11 Å². The molecule has 1 heterocycles. The van der Waals surface area contributed by atoms with Crippen LogP contribution in [0.3, 0.4) is 0 Å². The highest BCUT2D eigenvalue weighted by molar-refractivity contribution is 7.13. The van der Waals surface area contributed by atoms with Gasteiger partial charge in [-0.05, 0) is 135 Å². The van der Waals surface area contributed by atoms with Crippen LogP contribution in [-0.4, -0.2) is 10.9 Å². The summed E-state index contributed by atoms with van der Waals surface area (Å²) in [6.45, 7) is 5.96. The summed E-state index contributed by atoms with van der Waals surface area (Å²) in [5, 5.41) is 5.18. The summed E-state index contributed by atoms with van der Waals surface area (Å²) in [4.78, 5) is 0. The second-order valence-corrected chi connectivity index (χ2v) is 14.6. The van der Waals surface area contributed by atoms with Crippen LogP contribution >= 0.6 is 11.5 Å². The number of benzene rings is 3. The van der Waals surface area contributed by atoms with E-state index in [1.165, 1.54) is 98.8 Å². The minimum absolute atomic E-state index is 0.161. The molecular formula is C39H49FN2OS. The molecule has 4 aromatic rings. The third-order valence-corrected chi connectivity index (χ3v) is 11.7. The van der Waals surface area contributed by atoms with Crippen molar-refractivity contribution in [2.75, 3.05) is 6.54 Å². The van der Waals surface area contributed by atoms with Crippen LogP contribution in [0, 0.1) is 23.1 Å². The smallest absolute Gasteiger partial charge is 0.127 e. The molecular weight excluding hydrogens is 564 g/mol. The van der Waals surface area contributed by atoms with Crippen LogP contribution < -0.4 is 10.1 Å². The lowest BCUT2D eigenvalue weighted by atomic mass is 9.64. The van der Waals surface area contributed by atoms with Gasteiger partial charge in [-0.3, -0.25) is 0 Å². The molecule has 1 aromatic heterocycles. The first-order chi connectivity index (χ1) is 21.5. The highest BCUT2D eigenvalue weighted by Gasteiger charge is 2.37. The fraction of sp³-hybridized carbons (Fsp3) is 0.513. The third kappa shape index (κ3) is 7.54. The van der Waals surface area contributed by atoms with Crippen molar-refractivity contribution in [2.45, 2.75) is 103 Å². The van der Waals surface area contributed by atoms with E-state index < -0.39 is 0 Å². The van der Waals surface area contributed by atoms with Crippen LogP contribution in [0.2, 0.25) is 0 Å². The zero-order valence-electron chi connectivity index (χ0n) is 26.6. The van der Waals surface area contributed by atoms with Gasteiger partial charge in [0.1, 0.15) is 17.3 Å². The lowest BCUT2D eigenvalue weighted by Gasteiger charge is -2.43. The standard InChI is InChI=1S/C39H49FN2OS/c1-3-36(30-13-10-17-34(25-30)43-33-15-5-4-6-16-33)41-27-31-14-7-8-23-39(31,2)24-22-28-11-9-12-29(19-18-28)38-35-21-20-32(40)26-37(35)44-42-38/h4-6,10,13,15-17,20-21,25-26,28-29,31,36,41H,3,7-9,11-12,14,18-19,22-24,27H2,1-2H3. The van der Waals surface area contributed by atoms with E-state index in [-0.39, 0.29) is 5.82 Å². The fourth-order valence-corrected chi connectivity index (χ4v) is 8.93. The molecule has 5 unspecified atom stereocenters. The SMILES string of the molecule is CCC(NCC1CCCCC1(C)CCC1CCCC(c2nsc3cc(F)ccc23)CC1)c1cccc(Oc2ccccc2)c1. The van der Waals surface area contributed by atoms with Crippen molar-refractivity contribution in [1.82, 2.24) is 9.69 Å². The van der Waals surface area contributed by atoms with Gasteiger partial charge in [0.25, 0.3) is 0 Å². The zero-order valence-corrected chi connectivity index (χ0v) is 27.4. The summed E-state index contributed by atoms with van der Waals surface area (Å²) in [6, 6.07) is 24.2. The summed E-state index contributed by atoms with van der Waals surface area (Å²) in [5.41, 5.74) is 2.94. The summed E-state index contributed by atoms with van der Waals surface area (Å²) in [7, 11) is 0. The normalized spacial score (nSPS) is 25.0. The van der Waals surface area contributed by atoms with E-state index in [2.05, 4.69) is 43.4 Å². The Morgan fingerprint density at radius 1 is 0.932 bits per heavy atom. The van der Waals surface area contributed by atoms with E-state index in [0.29, 0.717) is 23.3 Å². The van der Waals surface area contributed by atoms with Crippen molar-refractivity contribution in [3.8, 4) is 11.5 Å². The van der Waals surface area contributed by atoms with Gasteiger partial charge >= 0.3 is 0 Å². The number of nitrogens with one attached hydrogen (secondary N) is 1. The number of hydrogen-bond acceptors (Lipinski definition) is 4. The highest BCUT2D eigenvalue weighted by atomic mass is 32.1. The lowest BCUT2D eigenvalue weighted by Crippen LogP contribution is -2.39. The van der Waals surface area contributed by atoms with Gasteiger partial charge in [0.05, 0.1) is 10.4 Å². The molecule has 2 saturated carbocycles. The molecule has 5 atom stereocenters. The van der Waals surface area contributed by atoms with Crippen LogP contribution in [0.25, 0.3) is 10.1 Å². The molecule has 6 rings (SSSR count). The molecule has 5 heteroatoms. The molecule has 0 radical (unpaired) electrons. The molecule has 1 N–H and O–H groups in total. The Balaban J connectivity index is 1.04. The first-order valence-electron chi connectivity index (χ1n) is 17.1. The maximum absolute atomic E-state index is 13.7. The Morgan fingerprint density at radius 3 is 2.66 bits per heavy atom. The average Bonchev–Trinajstić information content (AvgIpc) is 3.30. The van der Waals surface area contributed by atoms with Gasteiger partial charge in [-0.25, -0.2) is 4.39 Å². The number of aromatic nitrogens is 1. The third-order valence-electron chi connectivity index (χ3n) is 10.9. The van der Waals surface area contributed by atoms with Crippen molar-refractivity contribution < 1.29 is 9.13 Å². The number of hydrogen-bond donors (Lipinski definition) is 1.